The Bertz CT molecular complexity index is 5540. The van der Waals surface area contributed by atoms with E-state index >= 15 is 0 Å². The molecule has 0 radical (unpaired) electrons. The molecule has 0 aliphatic carbocycles. The van der Waals surface area contributed by atoms with E-state index in [4.69, 9.17) is 50.2 Å². The molecule has 6 aromatic carbocycles. The molecular weight excluding hydrogens is 1590 g/mol. The number of nitrogen functional groups attached to an aromatic ring is 4. The quantitative estimate of drug-likeness (QED) is 0.00673. The summed E-state index contributed by atoms with van der Waals surface area (Å²) < 4.78 is 81.3. The van der Waals surface area contributed by atoms with Crippen LogP contribution in [0.15, 0.2) is 185 Å². The Labute approximate surface area is 690 Å². The van der Waals surface area contributed by atoms with Gasteiger partial charge in [0.15, 0.2) is 58.6 Å². The first-order valence-corrected chi connectivity index (χ1v) is 42.7. The van der Waals surface area contributed by atoms with Crippen LogP contribution in [0.1, 0.15) is 116 Å². The van der Waals surface area contributed by atoms with Gasteiger partial charge in [-0.2, -0.15) is 0 Å². The van der Waals surface area contributed by atoms with Crippen LogP contribution in [0.3, 0.4) is 0 Å². The van der Waals surface area contributed by atoms with Crippen LogP contribution in [0.25, 0.3) is 33.8 Å². The van der Waals surface area contributed by atoms with Gasteiger partial charge in [-0.3, -0.25) is 47.9 Å². The first-order valence-electron chi connectivity index (χ1n) is 37.7. The van der Waals surface area contributed by atoms with E-state index in [1.165, 1.54) is 80.8 Å². The molecule has 0 bridgehead atoms. The predicted octanol–water partition coefficient (Wildman–Crippen LogP) is 6.65. The second kappa shape index (κ2) is 41.2. The zero-order chi connectivity index (χ0) is 88.1. The minimum Gasteiger partial charge on any atom is -0.409 e. The lowest BCUT2D eigenvalue weighted by Crippen LogP contribution is -2.35. The smallest absolute Gasteiger partial charge is 0.294 e. The molecule has 3 amide bonds. The molecule has 0 fully saturated rings. The van der Waals surface area contributed by atoms with Gasteiger partial charge >= 0.3 is 0 Å². The maximum atomic E-state index is 13.4. The van der Waals surface area contributed by atoms with Gasteiger partial charge in [0.25, 0.3) is 16.7 Å². The van der Waals surface area contributed by atoms with Gasteiger partial charge in [0.2, 0.25) is 17.7 Å². The molecule has 9 rings (SSSR count). The summed E-state index contributed by atoms with van der Waals surface area (Å²) in [6, 6.07) is 33.2. The van der Waals surface area contributed by atoms with Crippen molar-refractivity contribution in [1.82, 2.24) is 44.6 Å². The van der Waals surface area contributed by atoms with E-state index in [0.29, 0.717) is 33.4 Å². The molecule has 0 aliphatic heterocycles. The van der Waals surface area contributed by atoms with E-state index in [-0.39, 0.29) is 176 Å². The van der Waals surface area contributed by atoms with Gasteiger partial charge in [0, 0.05) is 88.2 Å². The van der Waals surface area contributed by atoms with Crippen LogP contribution in [-0.4, -0.2) is 135 Å². The van der Waals surface area contributed by atoms with Gasteiger partial charge in [0.1, 0.15) is 25.5 Å². The third-order valence-electron chi connectivity index (χ3n) is 17.2. The lowest BCUT2D eigenvalue weighted by molar-refractivity contribution is -0.122. The van der Waals surface area contributed by atoms with Gasteiger partial charge in [-0.25, -0.2) is 40.2 Å². The number of nitrogens with one attached hydrogen (secondary N) is 7. The predicted molar refractivity (Wildman–Crippen MR) is 463 cm³/mol. The number of amidine groups is 3. The number of rotatable bonds is 33. The number of amides is 3. The maximum absolute atomic E-state index is 13.4. The summed E-state index contributed by atoms with van der Waals surface area (Å²) in [5.41, 5.74) is 39.5. The number of anilines is 6. The summed E-state index contributed by atoms with van der Waals surface area (Å²) in [6.45, 7) is 21.4. The normalized spacial score (nSPS) is 11.9. The van der Waals surface area contributed by atoms with Gasteiger partial charge in [-0.05, 0) is 131 Å². The second-order valence-electron chi connectivity index (χ2n) is 30.3. The number of aromatic nitrogens is 6. The molecule has 3 heterocycles. The Morgan fingerprint density at radius 1 is 0.403 bits per heavy atom. The van der Waals surface area contributed by atoms with Crippen LogP contribution in [-0.2, 0) is 83.2 Å². The molecule has 35 nitrogen and oxygen atoms in total. The topological polar surface area (TPSA) is 576 Å². The molecule has 9 aromatic rings. The first kappa shape index (κ1) is 93.2. The molecule has 21 N–H and O–H groups in total. The van der Waals surface area contributed by atoms with Crippen molar-refractivity contribution < 1.29 is 50.1 Å². The molecule has 119 heavy (non-hydrogen) atoms. The van der Waals surface area contributed by atoms with E-state index in [0.717, 1.165) is 16.7 Å². The van der Waals surface area contributed by atoms with Crippen LogP contribution in [0.5, 0.6) is 0 Å². The lowest BCUT2D eigenvalue weighted by atomic mass is 10.1. The van der Waals surface area contributed by atoms with Crippen LogP contribution in [0.2, 0.25) is 0 Å². The molecule has 0 saturated carbocycles. The average molecular weight is 1690 g/mol. The van der Waals surface area contributed by atoms with Crippen molar-refractivity contribution in [3.8, 4) is 33.8 Å². The number of sulfone groups is 3. The second-order valence-corrected chi connectivity index (χ2v) is 36.4. The third kappa shape index (κ3) is 26.8. The minimum atomic E-state index is -3.64. The molecule has 636 valence electrons. The van der Waals surface area contributed by atoms with E-state index in [2.05, 4.69) is 57.2 Å². The number of nitrogens with two attached hydrogens (primary N) is 6. The fourth-order valence-electron chi connectivity index (χ4n) is 11.9. The van der Waals surface area contributed by atoms with Crippen molar-refractivity contribution in [1.29, 1.82) is 5.41 Å². The fourth-order valence-corrected chi connectivity index (χ4v) is 17.0. The maximum Gasteiger partial charge on any atom is 0.294 e. The minimum absolute atomic E-state index is 0.0272. The van der Waals surface area contributed by atoms with Crippen molar-refractivity contribution in [3.05, 3.63) is 210 Å². The zero-order valence-corrected chi connectivity index (χ0v) is 70.7. The Morgan fingerprint density at radius 3 is 0.866 bits per heavy atom. The molecule has 0 atom stereocenters. The number of oxime groups is 2. The SMILES string of the molecule is CC(C)CS(=O)(=O)c1cc(N)cc(-c2cnc(NC(C)C)c(=O)n2CC(=O)NCc2ccc(/C(N)=N/O)cc2)c1.CC(C)CS(=O)(=O)c1cc(N)cc(-c2cnc(NC(C)C)c(=O)n2CC(=O)NCc2ccc(/C(N)=N/O)cc2)c1.CC(C)CS(=O)(=O)c1cc(N)cc(-c2cnc(NC(C)C)c(=O)n2CC(=O)NCc2ccc(C(=N)N)cc2)c1. The highest BCUT2D eigenvalue weighted by molar-refractivity contribution is 7.92. The van der Waals surface area contributed by atoms with Crippen molar-refractivity contribution in [3.63, 3.8) is 0 Å². The summed E-state index contributed by atoms with van der Waals surface area (Å²) >= 11 is 0. The number of benzene rings is 6. The summed E-state index contributed by atoms with van der Waals surface area (Å²) in [5, 5.41) is 48.3. The number of carbonyl (C=O) groups excluding carboxylic acids is 3. The molecular formula is C81H105N21O14S3. The van der Waals surface area contributed by atoms with Crippen LogP contribution in [0, 0.1) is 23.2 Å². The van der Waals surface area contributed by atoms with E-state index in [9.17, 15) is 54.0 Å². The van der Waals surface area contributed by atoms with Crippen LogP contribution >= 0.6 is 0 Å². The Morgan fingerprint density at radius 2 is 0.647 bits per heavy atom. The highest BCUT2D eigenvalue weighted by Gasteiger charge is 2.26. The number of carbonyl (C=O) groups is 3. The number of nitrogens with zero attached hydrogens (tertiary/aromatic N) is 8. The summed E-state index contributed by atoms with van der Waals surface area (Å²) in [6.07, 6.45) is 4.26. The Hall–Kier alpha value is -13.0. The fraction of sp³-hybridized carbons (Fsp3) is 0.333. The summed E-state index contributed by atoms with van der Waals surface area (Å²) in [7, 11) is -10.9. The van der Waals surface area contributed by atoms with Crippen molar-refractivity contribution in [2.45, 2.75) is 155 Å². The molecule has 0 saturated heterocycles. The van der Waals surface area contributed by atoms with Crippen molar-refractivity contribution in [2.24, 2.45) is 45.3 Å². The van der Waals surface area contributed by atoms with Gasteiger partial charge in [-0.1, -0.05) is 125 Å². The molecule has 0 unspecified atom stereocenters. The van der Waals surface area contributed by atoms with Crippen LogP contribution in [0.4, 0.5) is 34.5 Å². The highest BCUT2D eigenvalue weighted by Crippen LogP contribution is 2.31. The largest absolute Gasteiger partial charge is 0.409 e. The van der Waals surface area contributed by atoms with Gasteiger partial charge in [0.05, 0.1) is 67.6 Å². The van der Waals surface area contributed by atoms with Gasteiger partial charge in [-0.15, -0.1) is 0 Å². The highest BCUT2D eigenvalue weighted by atomic mass is 32.2. The van der Waals surface area contributed by atoms with E-state index in [1.807, 2.05) is 55.4 Å². The van der Waals surface area contributed by atoms with Gasteiger partial charge < -0.3 is 76.7 Å². The average Bonchev–Trinajstić information content (AvgIpc) is 0.789. The van der Waals surface area contributed by atoms with Crippen molar-refractivity contribution >= 4 is 99.3 Å². The Balaban J connectivity index is 0.000000246. The van der Waals surface area contributed by atoms with Crippen LogP contribution < -0.4 is 83.0 Å². The summed E-state index contributed by atoms with van der Waals surface area (Å²) in [5.74, 6) is -1.78. The molecule has 0 spiro atoms. The molecule has 3 aromatic heterocycles. The first-order chi connectivity index (χ1) is 55.9. The zero-order valence-electron chi connectivity index (χ0n) is 68.2. The Kier molecular flexibility index (Phi) is 32.3. The van der Waals surface area contributed by atoms with E-state index in [1.54, 1.807) is 107 Å². The van der Waals surface area contributed by atoms with E-state index < -0.39 is 63.9 Å². The monoisotopic (exact) mass is 1690 g/mol. The summed E-state index contributed by atoms with van der Waals surface area (Å²) in [4.78, 5) is 92.0. The lowest BCUT2D eigenvalue weighted by Gasteiger charge is -2.17. The number of hydrogen-bond donors (Lipinski definition) is 15. The molecule has 38 heteroatoms. The van der Waals surface area contributed by atoms with Crippen molar-refractivity contribution in [2.75, 3.05) is 50.4 Å². The molecule has 0 aliphatic rings. The standard InChI is InChI=1S/2C27H35N7O5S.C27H35N7O4S/c2*1-16(2)15-40(38,39)22-10-20(9-21(28)11-22)23-13-31-26(32-17(3)4)27(36)34(23)14-24(35)30-12-18-5-7-19(8-6-18)25(29)33-37;1-16(2)15-39(37,38)22-10-20(9-21(28)11-22)23-13-32-26(33-17(3)4)27(36)34(23)14-24(35)31-12-18-5-7-19(8-6-18)25(29)30/h2*5-11,13,16-17,37H,12,14-15,28H2,1-4H3,(H2,29,33)(H,30,35)(H,31,32);5-11,13,16-17H,12,14-15,28H2,1-4H3,(H3,29,30)(H,31,35)(H,32,33). The number of hydrogen-bond acceptors (Lipinski definition) is 26. The third-order valence-corrected chi connectivity index (χ3v) is 23.4.